The Bertz CT molecular complexity index is 2760. The van der Waals surface area contributed by atoms with Crippen LogP contribution < -0.4 is 0 Å². The summed E-state index contributed by atoms with van der Waals surface area (Å²) >= 11 is 0. The lowest BCUT2D eigenvalue weighted by molar-refractivity contribution is 1.17. The molecule has 0 atom stereocenters. The number of hydrogen-bond acceptors (Lipinski definition) is 3. The molecule has 4 aromatic heterocycles. The molecule has 0 bridgehead atoms. The third kappa shape index (κ3) is 4.01. The van der Waals surface area contributed by atoms with Crippen LogP contribution in [0, 0.1) is 0 Å². The molecule has 224 valence electrons. The van der Waals surface area contributed by atoms with Crippen molar-refractivity contribution in [3.8, 4) is 39.6 Å². The minimum Gasteiger partial charge on any atom is -0.307 e. The van der Waals surface area contributed by atoms with Crippen LogP contribution in [-0.2, 0) is 0 Å². The Kier molecular flexibility index (Phi) is 5.81. The molecule has 4 heterocycles. The van der Waals surface area contributed by atoms with E-state index in [1.165, 1.54) is 10.8 Å². The van der Waals surface area contributed by atoms with E-state index >= 15 is 0 Å². The summed E-state index contributed by atoms with van der Waals surface area (Å²) in [5.41, 5.74) is 12.5. The van der Waals surface area contributed by atoms with Crippen molar-refractivity contribution in [1.82, 2.24) is 23.9 Å². The smallest absolute Gasteiger partial charge is 0.160 e. The van der Waals surface area contributed by atoms with Gasteiger partial charge in [-0.2, -0.15) is 0 Å². The van der Waals surface area contributed by atoms with Gasteiger partial charge in [-0.3, -0.25) is 4.40 Å². The van der Waals surface area contributed by atoms with E-state index in [1.54, 1.807) is 0 Å². The van der Waals surface area contributed by atoms with Crippen LogP contribution in [0.2, 0.25) is 0 Å². The fraction of sp³-hybridized carbons (Fsp3) is 0. The molecule has 0 amide bonds. The van der Waals surface area contributed by atoms with Crippen LogP contribution in [0.15, 0.2) is 164 Å². The molecular formula is C43H27N5. The highest BCUT2D eigenvalue weighted by Gasteiger charge is 2.21. The zero-order valence-electron chi connectivity index (χ0n) is 25.8. The van der Waals surface area contributed by atoms with Crippen LogP contribution in [0.4, 0.5) is 0 Å². The van der Waals surface area contributed by atoms with Gasteiger partial charge in [-0.05, 0) is 36.4 Å². The summed E-state index contributed by atoms with van der Waals surface area (Å²) in [7, 11) is 0. The van der Waals surface area contributed by atoms with Crippen molar-refractivity contribution in [1.29, 1.82) is 0 Å². The summed E-state index contributed by atoms with van der Waals surface area (Å²) in [4.78, 5) is 15.2. The van der Waals surface area contributed by atoms with Gasteiger partial charge < -0.3 is 4.57 Å². The molecule has 0 saturated carbocycles. The minimum absolute atomic E-state index is 0.710. The van der Waals surface area contributed by atoms with Crippen molar-refractivity contribution in [3.63, 3.8) is 0 Å². The maximum atomic E-state index is 5.13. The highest BCUT2D eigenvalue weighted by molar-refractivity contribution is 6.21. The highest BCUT2D eigenvalue weighted by atomic mass is 15.1. The fourth-order valence-electron chi connectivity index (χ4n) is 7.13. The van der Waals surface area contributed by atoms with Crippen LogP contribution in [-0.4, -0.2) is 23.9 Å². The highest BCUT2D eigenvalue weighted by Crippen LogP contribution is 2.40. The largest absolute Gasteiger partial charge is 0.307 e. The van der Waals surface area contributed by atoms with Gasteiger partial charge in [-0.25, -0.2) is 15.0 Å². The quantitative estimate of drug-likeness (QED) is 0.198. The van der Waals surface area contributed by atoms with Crippen LogP contribution in [0.3, 0.4) is 0 Å². The van der Waals surface area contributed by atoms with E-state index in [4.69, 9.17) is 15.0 Å². The second kappa shape index (κ2) is 10.5. The summed E-state index contributed by atoms with van der Waals surface area (Å²) in [6.07, 6.45) is 0. The molecular weight excluding hydrogens is 587 g/mol. The zero-order chi connectivity index (χ0) is 31.6. The van der Waals surface area contributed by atoms with E-state index in [-0.39, 0.29) is 0 Å². The van der Waals surface area contributed by atoms with Crippen molar-refractivity contribution in [2.24, 2.45) is 0 Å². The van der Waals surface area contributed by atoms with Gasteiger partial charge in [-0.1, -0.05) is 127 Å². The predicted molar refractivity (Wildman–Crippen MR) is 196 cm³/mol. The van der Waals surface area contributed by atoms with Crippen molar-refractivity contribution in [3.05, 3.63) is 164 Å². The van der Waals surface area contributed by atoms with Gasteiger partial charge in [0.1, 0.15) is 5.65 Å². The maximum absolute atomic E-state index is 5.13. The predicted octanol–water partition coefficient (Wildman–Crippen LogP) is 10.5. The zero-order valence-corrected chi connectivity index (χ0v) is 25.8. The molecule has 48 heavy (non-hydrogen) atoms. The minimum atomic E-state index is 0.710. The molecule has 0 fully saturated rings. The average Bonchev–Trinajstić information content (AvgIpc) is 3.72. The molecule has 0 aliphatic rings. The molecule has 0 aliphatic heterocycles. The van der Waals surface area contributed by atoms with Crippen molar-refractivity contribution in [2.45, 2.75) is 0 Å². The number of para-hydroxylation sites is 3. The Balaban J connectivity index is 1.21. The first-order valence-electron chi connectivity index (χ1n) is 16.1. The molecule has 10 aromatic rings. The number of aromatic nitrogens is 5. The molecule has 5 heteroatoms. The third-order valence-corrected chi connectivity index (χ3v) is 9.30. The molecule has 0 unspecified atom stereocenters. The number of hydrogen-bond donors (Lipinski definition) is 0. The Morgan fingerprint density at radius 1 is 0.396 bits per heavy atom. The third-order valence-electron chi connectivity index (χ3n) is 9.30. The van der Waals surface area contributed by atoms with E-state index < -0.39 is 0 Å². The van der Waals surface area contributed by atoms with Crippen molar-refractivity contribution in [2.75, 3.05) is 0 Å². The van der Waals surface area contributed by atoms with Crippen LogP contribution in [0.1, 0.15) is 0 Å². The molecule has 0 spiro atoms. The number of pyridine rings is 1. The van der Waals surface area contributed by atoms with E-state index in [1.807, 2.05) is 36.4 Å². The number of benzene rings is 6. The number of nitrogens with zero attached hydrogens (tertiary/aromatic N) is 5. The van der Waals surface area contributed by atoms with Gasteiger partial charge in [0, 0.05) is 38.5 Å². The summed E-state index contributed by atoms with van der Waals surface area (Å²) in [5, 5.41) is 3.49. The Morgan fingerprint density at radius 3 is 1.69 bits per heavy atom. The van der Waals surface area contributed by atoms with E-state index in [2.05, 4.69) is 136 Å². The molecule has 0 aliphatic carbocycles. The van der Waals surface area contributed by atoms with Crippen LogP contribution in [0.5, 0.6) is 0 Å². The monoisotopic (exact) mass is 613 g/mol. The van der Waals surface area contributed by atoms with Gasteiger partial charge in [-0.15, -0.1) is 0 Å². The summed E-state index contributed by atoms with van der Waals surface area (Å²) in [5.74, 6) is 0.710. The Hall–Kier alpha value is -6.59. The molecule has 0 radical (unpaired) electrons. The summed E-state index contributed by atoms with van der Waals surface area (Å²) < 4.78 is 4.74. The first-order valence-corrected chi connectivity index (χ1v) is 16.1. The van der Waals surface area contributed by atoms with E-state index in [0.717, 1.165) is 72.4 Å². The van der Waals surface area contributed by atoms with Crippen LogP contribution in [0.25, 0.3) is 89.0 Å². The SMILES string of the molecule is c1ccc(-c2cc(-c3ccc(-n4c5ccccc5c5c4c4ccccc4c4nc6ccccc6n45)cc3)nc(-c3ccccc3)n2)cc1. The fourth-order valence-corrected chi connectivity index (χ4v) is 7.13. The van der Waals surface area contributed by atoms with Gasteiger partial charge in [0.15, 0.2) is 5.82 Å². The second-order valence-electron chi connectivity index (χ2n) is 12.1. The van der Waals surface area contributed by atoms with E-state index in [0.29, 0.717) is 5.82 Å². The standard InChI is InChI=1S/C43H27N5/c1-3-13-28(14-4-1)36-27-37(45-42(44-36)30-15-5-2-6-16-30)29-23-25-31(26-24-29)47-38-21-11-9-19-34(38)41-40(47)32-17-7-8-18-33(32)43-46-35-20-10-12-22-39(35)48(41)43/h1-27H. The van der Waals surface area contributed by atoms with Crippen molar-refractivity contribution < 1.29 is 0 Å². The lowest BCUT2D eigenvalue weighted by Gasteiger charge is -2.13. The maximum Gasteiger partial charge on any atom is 0.160 e. The average molecular weight is 614 g/mol. The first kappa shape index (κ1) is 26.6. The molecule has 5 nitrogen and oxygen atoms in total. The summed E-state index contributed by atoms with van der Waals surface area (Å²) in [6.45, 7) is 0. The topological polar surface area (TPSA) is 48.0 Å². The van der Waals surface area contributed by atoms with Crippen molar-refractivity contribution >= 4 is 49.4 Å². The Morgan fingerprint density at radius 2 is 0.958 bits per heavy atom. The lowest BCUT2D eigenvalue weighted by atomic mass is 10.1. The van der Waals surface area contributed by atoms with Gasteiger partial charge >= 0.3 is 0 Å². The van der Waals surface area contributed by atoms with Gasteiger partial charge in [0.25, 0.3) is 0 Å². The van der Waals surface area contributed by atoms with Crippen LogP contribution >= 0.6 is 0 Å². The van der Waals surface area contributed by atoms with Gasteiger partial charge in [0.05, 0.1) is 39.0 Å². The molecule has 0 saturated heterocycles. The lowest BCUT2D eigenvalue weighted by Crippen LogP contribution is -1.98. The normalized spacial score (nSPS) is 11.8. The second-order valence-corrected chi connectivity index (χ2v) is 12.1. The van der Waals surface area contributed by atoms with Gasteiger partial charge in [0.2, 0.25) is 0 Å². The Labute approximate surface area is 276 Å². The first-order chi connectivity index (χ1) is 23.8. The molecule has 10 rings (SSSR count). The van der Waals surface area contributed by atoms with E-state index in [9.17, 15) is 0 Å². The number of fused-ring (bicyclic) bond motifs is 10. The molecule has 6 aromatic carbocycles. The number of rotatable bonds is 4. The summed E-state index contributed by atoms with van der Waals surface area (Å²) in [6, 6.07) is 57.1. The number of imidazole rings is 1. The molecule has 0 N–H and O–H groups in total.